The summed E-state index contributed by atoms with van der Waals surface area (Å²) in [5.74, 6) is -1.61. The van der Waals surface area contributed by atoms with Gasteiger partial charge in [-0.3, -0.25) is 32.5 Å². The molecule has 107 heavy (non-hydrogen) atoms. The van der Waals surface area contributed by atoms with Crippen LogP contribution in [0.1, 0.15) is 329 Å². The van der Waals surface area contributed by atoms with Gasteiger partial charge in [0.05, 0.1) is 26.4 Å². The third kappa shape index (κ3) is 82.0. The highest BCUT2D eigenvalue weighted by atomic mass is 31.2. The van der Waals surface area contributed by atoms with Gasteiger partial charge in [-0.15, -0.1) is 0 Å². The molecular weight excluding hydrogens is 1390 g/mol. The largest absolute Gasteiger partial charge is 0.472 e. The van der Waals surface area contributed by atoms with Crippen LogP contribution in [0.3, 0.4) is 0 Å². The standard InChI is InChI=1S/C89H150O16P2/c1-4-7-10-13-16-19-22-25-28-31-34-36-38-39-40-41-42-43-45-47-49-51-54-57-60-63-66-69-72-75-87(92)99-78-84(90)79-101-106(95,96)102-80-85(91)81-103-107(97,98)104-83-86(105-89(94)77-74-71-68-65-62-59-56-53-48-33-30-27-24-21-18-15-12-9-6-3)82-100-88(93)76-73-70-67-64-61-58-55-52-50-46-44-37-35-32-29-26-23-20-17-14-11-8-5-2/h8-9,11-12,16-21,25-30,34-37,39-40,46,48,50,53,84-86,90-91H,4-7,10,13-15,22-24,31-33,38,41-45,47,49,51-52,54-83H2,1-3H3,(H,95,96)(H,97,98)/b11-8-,12-9-,19-16-,20-17-,21-18-,28-25-,29-26-,30-27-,36-34-,37-35-,40-39-,50-46-,53-48-. The van der Waals surface area contributed by atoms with Crippen molar-refractivity contribution in [3.63, 3.8) is 0 Å². The highest BCUT2D eigenvalue weighted by molar-refractivity contribution is 7.47. The molecule has 0 fully saturated rings. The Bertz CT molecular complexity index is 2580. The Morgan fingerprint density at radius 3 is 0.785 bits per heavy atom. The minimum atomic E-state index is -4.95. The lowest BCUT2D eigenvalue weighted by Crippen LogP contribution is -2.30. The summed E-state index contributed by atoms with van der Waals surface area (Å²) in [7, 11) is -9.81. The Kier molecular flexibility index (Phi) is 77.0. The van der Waals surface area contributed by atoms with E-state index in [1.165, 1.54) is 83.5 Å². The highest BCUT2D eigenvalue weighted by Crippen LogP contribution is 2.45. The van der Waals surface area contributed by atoms with Gasteiger partial charge in [0.25, 0.3) is 0 Å². The molecule has 0 amide bonds. The Balaban J connectivity index is 4.62. The number of carbonyl (C=O) groups is 3. The number of rotatable bonds is 78. The number of allylic oxidation sites excluding steroid dienone is 26. The molecule has 0 rings (SSSR count). The molecule has 0 spiro atoms. The van der Waals surface area contributed by atoms with E-state index in [4.69, 9.17) is 32.3 Å². The fraction of sp³-hybridized carbons (Fsp3) is 0.674. The molecule has 0 aromatic rings. The lowest BCUT2D eigenvalue weighted by atomic mass is 10.0. The average Bonchev–Trinajstić information content (AvgIpc) is 0.918. The van der Waals surface area contributed by atoms with Gasteiger partial charge in [-0.25, -0.2) is 9.13 Å². The molecule has 0 aliphatic heterocycles. The second kappa shape index (κ2) is 80.7. The van der Waals surface area contributed by atoms with Crippen LogP contribution in [-0.4, -0.2) is 95.9 Å². The predicted octanol–water partition coefficient (Wildman–Crippen LogP) is 25.0. The van der Waals surface area contributed by atoms with Crippen molar-refractivity contribution in [2.45, 2.75) is 347 Å². The maximum atomic E-state index is 13.0. The van der Waals surface area contributed by atoms with Crippen LogP contribution in [0.25, 0.3) is 0 Å². The van der Waals surface area contributed by atoms with Crippen LogP contribution in [0.5, 0.6) is 0 Å². The summed E-state index contributed by atoms with van der Waals surface area (Å²) in [6, 6.07) is 0. The van der Waals surface area contributed by atoms with Crippen LogP contribution >= 0.6 is 15.6 Å². The molecule has 18 heteroatoms. The van der Waals surface area contributed by atoms with E-state index in [0.717, 1.165) is 186 Å². The van der Waals surface area contributed by atoms with Gasteiger partial charge in [-0.1, -0.05) is 320 Å². The first-order chi connectivity index (χ1) is 52.2. The van der Waals surface area contributed by atoms with Gasteiger partial charge in [0, 0.05) is 19.3 Å². The number of phosphoric ester groups is 2. The molecule has 5 atom stereocenters. The van der Waals surface area contributed by atoms with Crippen LogP contribution in [0, 0.1) is 0 Å². The number of aliphatic hydroxyl groups excluding tert-OH is 2. The summed E-state index contributed by atoms with van der Waals surface area (Å²) in [5.41, 5.74) is 0. The molecule has 0 heterocycles. The van der Waals surface area contributed by atoms with E-state index in [1.54, 1.807) is 0 Å². The van der Waals surface area contributed by atoms with E-state index in [1.807, 2.05) is 0 Å². The van der Waals surface area contributed by atoms with Crippen LogP contribution < -0.4 is 0 Å². The number of carbonyl (C=O) groups excluding carboxylic acids is 3. The summed E-state index contributed by atoms with van der Waals surface area (Å²) in [6.07, 6.45) is 101. The van der Waals surface area contributed by atoms with E-state index in [2.05, 4.69) is 179 Å². The molecule has 0 aromatic heterocycles. The molecule has 0 radical (unpaired) electrons. The summed E-state index contributed by atoms with van der Waals surface area (Å²) in [6.45, 7) is 2.41. The molecule has 4 N–H and O–H groups in total. The van der Waals surface area contributed by atoms with Crippen LogP contribution in [0.2, 0.25) is 0 Å². The lowest BCUT2D eigenvalue weighted by molar-refractivity contribution is -0.161. The zero-order chi connectivity index (χ0) is 78.0. The van der Waals surface area contributed by atoms with E-state index in [0.29, 0.717) is 19.3 Å². The topological polar surface area (TPSA) is 231 Å². The molecule has 612 valence electrons. The van der Waals surface area contributed by atoms with Gasteiger partial charge in [-0.2, -0.15) is 0 Å². The van der Waals surface area contributed by atoms with Crippen molar-refractivity contribution in [3.8, 4) is 0 Å². The Hall–Kier alpha value is -4.83. The minimum absolute atomic E-state index is 0.0807. The first-order valence-corrected chi connectivity index (χ1v) is 44.8. The fourth-order valence-electron chi connectivity index (χ4n) is 10.9. The molecule has 0 aliphatic carbocycles. The Morgan fingerprint density at radius 1 is 0.271 bits per heavy atom. The van der Waals surface area contributed by atoms with E-state index < -0.39 is 91.5 Å². The first kappa shape index (κ1) is 102. The van der Waals surface area contributed by atoms with Crippen molar-refractivity contribution in [3.05, 3.63) is 158 Å². The van der Waals surface area contributed by atoms with Gasteiger partial charge in [0.2, 0.25) is 0 Å². The molecular formula is C89H150O16P2. The van der Waals surface area contributed by atoms with Crippen molar-refractivity contribution in [2.24, 2.45) is 0 Å². The summed E-state index contributed by atoms with van der Waals surface area (Å²) in [4.78, 5) is 58.8. The zero-order valence-electron chi connectivity index (χ0n) is 67.0. The second-order valence-electron chi connectivity index (χ2n) is 27.5. The number of ether oxygens (including phenoxy) is 3. The van der Waals surface area contributed by atoms with Gasteiger partial charge >= 0.3 is 33.6 Å². The van der Waals surface area contributed by atoms with E-state index in [-0.39, 0.29) is 19.3 Å². The predicted molar refractivity (Wildman–Crippen MR) is 445 cm³/mol. The Labute approximate surface area is 650 Å². The quantitative estimate of drug-likeness (QED) is 0.0146. The molecule has 0 bridgehead atoms. The van der Waals surface area contributed by atoms with Gasteiger partial charge in [-0.05, 0) is 148 Å². The van der Waals surface area contributed by atoms with Crippen molar-refractivity contribution < 1.29 is 75.8 Å². The van der Waals surface area contributed by atoms with Gasteiger partial charge < -0.3 is 34.2 Å². The van der Waals surface area contributed by atoms with Crippen LogP contribution in [-0.2, 0) is 55.8 Å². The van der Waals surface area contributed by atoms with Crippen LogP contribution in [0.4, 0.5) is 0 Å². The summed E-state index contributed by atoms with van der Waals surface area (Å²) < 4.78 is 61.3. The van der Waals surface area contributed by atoms with Gasteiger partial charge in [0.1, 0.15) is 25.4 Å². The first-order valence-electron chi connectivity index (χ1n) is 41.8. The molecule has 5 unspecified atom stereocenters. The molecule has 0 saturated carbocycles. The molecule has 0 aromatic carbocycles. The highest BCUT2D eigenvalue weighted by Gasteiger charge is 2.29. The van der Waals surface area contributed by atoms with Crippen molar-refractivity contribution in [1.82, 2.24) is 0 Å². The van der Waals surface area contributed by atoms with Crippen molar-refractivity contribution >= 4 is 33.6 Å². The third-order valence-corrected chi connectivity index (χ3v) is 19.1. The van der Waals surface area contributed by atoms with Crippen molar-refractivity contribution in [2.75, 3.05) is 39.6 Å². The molecule has 0 saturated heterocycles. The number of hydrogen-bond acceptors (Lipinski definition) is 14. The summed E-state index contributed by atoms with van der Waals surface area (Å²) >= 11 is 0. The van der Waals surface area contributed by atoms with Crippen molar-refractivity contribution in [1.29, 1.82) is 0 Å². The number of unbranched alkanes of at least 4 members (excludes halogenated alkanes) is 29. The zero-order valence-corrected chi connectivity index (χ0v) is 68.8. The normalized spacial score (nSPS) is 14.7. The average molecular weight is 1540 g/mol. The number of aliphatic hydroxyl groups is 2. The van der Waals surface area contributed by atoms with Crippen LogP contribution in [0.15, 0.2) is 158 Å². The molecule has 0 aliphatic rings. The fourth-order valence-corrected chi connectivity index (χ4v) is 12.5. The summed E-state index contributed by atoms with van der Waals surface area (Å²) in [5, 5.41) is 20.7. The Morgan fingerprint density at radius 2 is 0.495 bits per heavy atom. The lowest BCUT2D eigenvalue weighted by Gasteiger charge is -2.21. The maximum Gasteiger partial charge on any atom is 0.472 e. The maximum absolute atomic E-state index is 13.0. The minimum Gasteiger partial charge on any atom is -0.463 e. The number of hydrogen-bond donors (Lipinski definition) is 4. The van der Waals surface area contributed by atoms with Gasteiger partial charge in [0.15, 0.2) is 6.10 Å². The number of esters is 3. The SMILES string of the molecule is CC/C=C\C/C=C\C/C=C\C/C=C\C/C=C\CCCCCCCCCC(=O)OCC(COP(=O)(O)OCC(O)COP(=O)(O)OCC(O)COC(=O)CCCCCCCCCCCCCCC/C=C\C/C=C\C/C=C\C/C=C\CCCCC)OC(=O)CCCCCCCC/C=C\C/C=C\C/C=C\C/C=C\CC. The molecule has 16 nitrogen and oxygen atoms in total. The monoisotopic (exact) mass is 1540 g/mol. The van der Waals surface area contributed by atoms with E-state index >= 15 is 0 Å². The third-order valence-electron chi connectivity index (χ3n) is 17.2. The second-order valence-corrected chi connectivity index (χ2v) is 30.4. The number of phosphoric acid groups is 2. The smallest absolute Gasteiger partial charge is 0.463 e. The van der Waals surface area contributed by atoms with E-state index in [9.17, 15) is 43.5 Å².